The first kappa shape index (κ1) is 15.3. The Hall–Kier alpha value is -2.14. The molecule has 21 heavy (non-hydrogen) atoms. The molecule has 0 bridgehead atoms. The number of pyridine rings is 1. The van der Waals surface area contributed by atoms with E-state index in [9.17, 15) is 4.79 Å². The van der Waals surface area contributed by atoms with Crippen molar-refractivity contribution in [1.29, 1.82) is 0 Å². The molecule has 1 aromatic carbocycles. The number of benzene rings is 1. The van der Waals surface area contributed by atoms with Gasteiger partial charge in [0.25, 0.3) is 0 Å². The minimum absolute atomic E-state index is 0.394. The molecule has 1 heterocycles. The first-order valence-corrected chi connectivity index (χ1v) is 7.05. The summed E-state index contributed by atoms with van der Waals surface area (Å²) >= 11 is 0. The highest BCUT2D eigenvalue weighted by Crippen LogP contribution is 2.20. The molecule has 5 nitrogen and oxygen atoms in total. The lowest BCUT2D eigenvalue weighted by Gasteiger charge is -2.22. The zero-order valence-corrected chi connectivity index (χ0v) is 12.1. The Labute approximate surface area is 123 Å². The number of fused-ring (bicyclic) bond motifs is 1. The molecule has 0 radical (unpaired) electrons. The molecule has 1 unspecified atom stereocenters. The summed E-state index contributed by atoms with van der Waals surface area (Å²) in [4.78, 5) is 15.4. The van der Waals surface area contributed by atoms with Gasteiger partial charge < -0.3 is 15.6 Å². The Morgan fingerprint density at radius 2 is 2.24 bits per heavy atom. The van der Waals surface area contributed by atoms with E-state index in [1.54, 1.807) is 13.1 Å². The number of rotatable bonds is 7. The van der Waals surface area contributed by atoms with E-state index >= 15 is 0 Å². The second-order valence-electron chi connectivity index (χ2n) is 5.12. The van der Waals surface area contributed by atoms with Crippen molar-refractivity contribution in [2.24, 2.45) is 5.73 Å². The predicted molar refractivity (Wildman–Crippen MR) is 81.3 cm³/mol. The summed E-state index contributed by atoms with van der Waals surface area (Å²) in [5, 5.41) is 10.2. The molecule has 0 fully saturated rings. The first-order chi connectivity index (χ1) is 10.0. The van der Waals surface area contributed by atoms with Crippen molar-refractivity contribution in [1.82, 2.24) is 4.98 Å². The normalized spacial score (nSPS) is 13.8. The van der Waals surface area contributed by atoms with Gasteiger partial charge in [-0.05, 0) is 37.5 Å². The summed E-state index contributed by atoms with van der Waals surface area (Å²) < 4.78 is 5.65. The molecule has 3 N–H and O–H groups in total. The van der Waals surface area contributed by atoms with Crippen LogP contribution in [0.15, 0.2) is 36.5 Å². The molecular formula is C16H20N2O3. The average molecular weight is 288 g/mol. The van der Waals surface area contributed by atoms with E-state index in [2.05, 4.69) is 4.98 Å². The van der Waals surface area contributed by atoms with Crippen LogP contribution in [0.5, 0.6) is 5.75 Å². The molecule has 2 rings (SSSR count). The van der Waals surface area contributed by atoms with E-state index in [1.807, 2.05) is 30.3 Å². The lowest BCUT2D eigenvalue weighted by molar-refractivity contribution is -0.143. The van der Waals surface area contributed by atoms with E-state index in [0.29, 0.717) is 25.9 Å². The van der Waals surface area contributed by atoms with Crippen LogP contribution in [0.2, 0.25) is 0 Å². The van der Waals surface area contributed by atoms with Gasteiger partial charge in [-0.1, -0.05) is 13.0 Å². The van der Waals surface area contributed by atoms with Gasteiger partial charge in [-0.2, -0.15) is 0 Å². The molecule has 1 aromatic heterocycles. The lowest BCUT2D eigenvalue weighted by atomic mass is 9.92. The minimum atomic E-state index is -1.16. The van der Waals surface area contributed by atoms with E-state index in [4.69, 9.17) is 15.6 Å². The highest BCUT2D eigenvalue weighted by molar-refractivity contribution is 5.79. The molecule has 0 amide bonds. The molecule has 0 saturated heterocycles. The highest BCUT2D eigenvalue weighted by atomic mass is 16.5. The number of hydrogen-bond acceptors (Lipinski definition) is 4. The van der Waals surface area contributed by atoms with E-state index < -0.39 is 11.5 Å². The van der Waals surface area contributed by atoms with Crippen molar-refractivity contribution in [3.8, 4) is 5.75 Å². The third kappa shape index (κ3) is 3.70. The van der Waals surface area contributed by atoms with Crippen molar-refractivity contribution in [3.63, 3.8) is 0 Å². The lowest BCUT2D eigenvalue weighted by Crippen LogP contribution is -2.47. The molecular weight excluding hydrogens is 268 g/mol. The maximum atomic E-state index is 11.1. The summed E-state index contributed by atoms with van der Waals surface area (Å²) in [7, 11) is 0. The Morgan fingerprint density at radius 1 is 1.43 bits per heavy atom. The largest absolute Gasteiger partial charge is 0.494 e. The van der Waals surface area contributed by atoms with Crippen LogP contribution in [0, 0.1) is 0 Å². The number of carbonyl (C=O) groups is 1. The fourth-order valence-corrected chi connectivity index (χ4v) is 2.15. The van der Waals surface area contributed by atoms with Crippen molar-refractivity contribution >= 4 is 16.9 Å². The topological polar surface area (TPSA) is 85.4 Å². The Bertz CT molecular complexity index is 630. The maximum absolute atomic E-state index is 11.1. The summed E-state index contributed by atoms with van der Waals surface area (Å²) in [5.74, 6) is -0.226. The van der Waals surface area contributed by atoms with Gasteiger partial charge in [0.15, 0.2) is 0 Å². The van der Waals surface area contributed by atoms with Crippen LogP contribution >= 0.6 is 0 Å². The molecule has 0 aliphatic carbocycles. The second kappa shape index (κ2) is 6.54. The maximum Gasteiger partial charge on any atom is 0.323 e. The molecule has 1 atom stereocenters. The van der Waals surface area contributed by atoms with Crippen LogP contribution in [-0.2, 0) is 4.79 Å². The standard InChI is InChI=1S/C16H20N2O3/c1-2-16(17,15(19)20)8-4-10-21-13-7-6-12-5-3-9-18-14(12)11-13/h3,5-7,9,11H,2,4,8,10,17H2,1H3,(H,19,20). The van der Waals surface area contributed by atoms with Crippen LogP contribution in [0.25, 0.3) is 10.9 Å². The third-order valence-electron chi connectivity index (χ3n) is 3.67. The monoisotopic (exact) mass is 288 g/mol. The number of aromatic nitrogens is 1. The minimum Gasteiger partial charge on any atom is -0.494 e. The van der Waals surface area contributed by atoms with Gasteiger partial charge in [0.05, 0.1) is 12.1 Å². The van der Waals surface area contributed by atoms with Crippen LogP contribution < -0.4 is 10.5 Å². The van der Waals surface area contributed by atoms with Crippen LogP contribution in [-0.4, -0.2) is 28.2 Å². The van der Waals surface area contributed by atoms with Crippen molar-refractivity contribution in [3.05, 3.63) is 36.5 Å². The number of nitrogens with two attached hydrogens (primary N) is 1. The second-order valence-corrected chi connectivity index (χ2v) is 5.12. The van der Waals surface area contributed by atoms with Gasteiger partial charge in [0, 0.05) is 17.6 Å². The summed E-state index contributed by atoms with van der Waals surface area (Å²) in [5.41, 5.74) is 5.55. The number of aliphatic carboxylic acids is 1. The first-order valence-electron chi connectivity index (χ1n) is 7.05. The molecule has 2 aromatic rings. The van der Waals surface area contributed by atoms with Gasteiger partial charge in [-0.15, -0.1) is 0 Å². The van der Waals surface area contributed by atoms with Gasteiger partial charge in [0.2, 0.25) is 0 Å². The fraction of sp³-hybridized carbons (Fsp3) is 0.375. The number of hydrogen-bond donors (Lipinski definition) is 2. The van der Waals surface area contributed by atoms with Crippen LogP contribution in [0.4, 0.5) is 0 Å². The average Bonchev–Trinajstić information content (AvgIpc) is 2.51. The smallest absolute Gasteiger partial charge is 0.323 e. The van der Waals surface area contributed by atoms with E-state index in [1.165, 1.54) is 0 Å². The van der Waals surface area contributed by atoms with Gasteiger partial charge in [-0.3, -0.25) is 9.78 Å². The van der Waals surface area contributed by atoms with E-state index in [0.717, 1.165) is 16.7 Å². The molecule has 0 aliphatic rings. The Morgan fingerprint density at radius 3 is 2.95 bits per heavy atom. The quantitative estimate of drug-likeness (QED) is 0.765. The van der Waals surface area contributed by atoms with Crippen molar-refractivity contribution in [2.75, 3.05) is 6.61 Å². The highest BCUT2D eigenvalue weighted by Gasteiger charge is 2.30. The summed E-state index contributed by atoms with van der Waals surface area (Å²) in [6.45, 7) is 2.22. The van der Waals surface area contributed by atoms with Crippen LogP contribution in [0.3, 0.4) is 0 Å². The third-order valence-corrected chi connectivity index (χ3v) is 3.67. The zero-order valence-electron chi connectivity index (χ0n) is 12.1. The SMILES string of the molecule is CCC(N)(CCCOc1ccc2cccnc2c1)C(=O)O. The molecule has 5 heteroatoms. The molecule has 0 saturated carbocycles. The van der Waals surface area contributed by atoms with Crippen molar-refractivity contribution in [2.45, 2.75) is 31.7 Å². The number of ether oxygens (including phenoxy) is 1. The van der Waals surface area contributed by atoms with Gasteiger partial charge >= 0.3 is 5.97 Å². The van der Waals surface area contributed by atoms with E-state index in [-0.39, 0.29) is 0 Å². The zero-order chi connectivity index (χ0) is 15.3. The van der Waals surface area contributed by atoms with Crippen LogP contribution in [0.1, 0.15) is 26.2 Å². The predicted octanol–water partition coefficient (Wildman–Crippen LogP) is 2.59. The number of carboxylic acid groups (broad SMARTS) is 1. The molecule has 0 aliphatic heterocycles. The summed E-state index contributed by atoms with van der Waals surface area (Å²) in [6, 6.07) is 9.59. The van der Waals surface area contributed by atoms with Gasteiger partial charge in [-0.25, -0.2) is 0 Å². The Kier molecular flexibility index (Phi) is 4.75. The van der Waals surface area contributed by atoms with Crippen molar-refractivity contribution < 1.29 is 14.6 Å². The molecule has 0 spiro atoms. The van der Waals surface area contributed by atoms with Gasteiger partial charge in [0.1, 0.15) is 11.3 Å². The number of nitrogens with zero attached hydrogens (tertiary/aromatic N) is 1. The molecule has 112 valence electrons. The number of carboxylic acids is 1. The fourth-order valence-electron chi connectivity index (χ4n) is 2.15. The Balaban J connectivity index is 1.89. The summed E-state index contributed by atoms with van der Waals surface area (Å²) in [6.07, 6.45) is 3.13.